The van der Waals surface area contributed by atoms with Crippen molar-refractivity contribution in [3.63, 3.8) is 0 Å². The van der Waals surface area contributed by atoms with E-state index >= 15 is 0 Å². The van der Waals surface area contributed by atoms with Crippen LogP contribution in [0, 0.1) is 0 Å². The third kappa shape index (κ3) is 3.20. The van der Waals surface area contributed by atoms with E-state index < -0.39 is 0 Å². The van der Waals surface area contributed by atoms with Gasteiger partial charge in [-0.2, -0.15) is 0 Å². The molecule has 0 aliphatic carbocycles. The lowest BCUT2D eigenvalue weighted by Gasteiger charge is -2.16. The van der Waals surface area contributed by atoms with Crippen LogP contribution in [0.5, 0.6) is 5.75 Å². The highest BCUT2D eigenvalue weighted by Gasteiger charge is 2.31. The van der Waals surface area contributed by atoms with Gasteiger partial charge in [0.1, 0.15) is 10.8 Å². The minimum Gasteiger partial charge on any atom is -0.494 e. The van der Waals surface area contributed by atoms with Crippen molar-refractivity contribution in [1.82, 2.24) is 10.3 Å². The molecule has 4 nitrogen and oxygen atoms in total. The number of fused-ring (bicyclic) bond motifs is 1. The number of ether oxygens (including phenoxy) is 2. The van der Waals surface area contributed by atoms with Crippen LogP contribution in [0.4, 0.5) is 0 Å². The first-order valence-corrected chi connectivity index (χ1v) is 8.48. The largest absolute Gasteiger partial charge is 0.494 e. The Hall–Kier alpha value is -1.17. The van der Waals surface area contributed by atoms with Gasteiger partial charge in [-0.25, -0.2) is 4.98 Å². The van der Waals surface area contributed by atoms with Crippen molar-refractivity contribution >= 4 is 21.6 Å². The van der Waals surface area contributed by atoms with Crippen molar-refractivity contribution in [3.05, 3.63) is 23.2 Å². The lowest BCUT2D eigenvalue weighted by molar-refractivity contribution is 0.187. The van der Waals surface area contributed by atoms with Crippen LogP contribution in [0.1, 0.15) is 31.2 Å². The quantitative estimate of drug-likeness (QED) is 0.890. The second kappa shape index (κ2) is 6.73. The summed E-state index contributed by atoms with van der Waals surface area (Å²) in [5.41, 5.74) is 1.06. The Balaban J connectivity index is 1.82. The number of benzene rings is 1. The van der Waals surface area contributed by atoms with Crippen molar-refractivity contribution in [2.45, 2.75) is 32.2 Å². The predicted octanol–water partition coefficient (Wildman–Crippen LogP) is 3.18. The molecule has 114 valence electrons. The van der Waals surface area contributed by atoms with E-state index in [1.165, 1.54) is 9.71 Å². The van der Waals surface area contributed by atoms with Crippen LogP contribution in [0.2, 0.25) is 0 Å². The molecular weight excluding hydrogens is 284 g/mol. The van der Waals surface area contributed by atoms with E-state index in [0.717, 1.165) is 37.4 Å². The number of thiazole rings is 1. The van der Waals surface area contributed by atoms with E-state index in [9.17, 15) is 0 Å². The van der Waals surface area contributed by atoms with Gasteiger partial charge in [-0.1, -0.05) is 6.92 Å². The zero-order chi connectivity index (χ0) is 14.7. The predicted molar refractivity (Wildman–Crippen MR) is 86.4 cm³/mol. The molecule has 1 aromatic heterocycles. The minimum atomic E-state index is 0.365. The van der Waals surface area contributed by atoms with Gasteiger partial charge in [-0.3, -0.25) is 0 Å². The van der Waals surface area contributed by atoms with Crippen LogP contribution in [-0.2, 0) is 4.74 Å². The van der Waals surface area contributed by atoms with Gasteiger partial charge in [-0.05, 0) is 38.1 Å². The van der Waals surface area contributed by atoms with E-state index in [1.807, 2.05) is 19.1 Å². The molecule has 1 saturated heterocycles. The van der Waals surface area contributed by atoms with Crippen molar-refractivity contribution in [1.29, 1.82) is 0 Å². The molecule has 0 amide bonds. The van der Waals surface area contributed by atoms with Gasteiger partial charge in [0.25, 0.3) is 0 Å². The van der Waals surface area contributed by atoms with Gasteiger partial charge in [-0.15, -0.1) is 11.3 Å². The van der Waals surface area contributed by atoms with Crippen LogP contribution in [0.15, 0.2) is 18.2 Å². The number of hydrogen-bond acceptors (Lipinski definition) is 5. The first kappa shape index (κ1) is 14.8. The molecule has 21 heavy (non-hydrogen) atoms. The maximum absolute atomic E-state index is 5.66. The summed E-state index contributed by atoms with van der Waals surface area (Å²) in [6.45, 7) is 7.46. The Kier molecular flexibility index (Phi) is 4.73. The number of aromatic nitrogens is 1. The fraction of sp³-hybridized carbons (Fsp3) is 0.562. The van der Waals surface area contributed by atoms with E-state index in [0.29, 0.717) is 18.6 Å². The van der Waals surface area contributed by atoms with E-state index in [-0.39, 0.29) is 0 Å². The molecule has 1 aliphatic rings. The van der Waals surface area contributed by atoms with Crippen LogP contribution >= 0.6 is 11.3 Å². The number of nitrogens with zero attached hydrogens (tertiary/aromatic N) is 1. The Morgan fingerprint density at radius 1 is 1.38 bits per heavy atom. The molecule has 2 heterocycles. The van der Waals surface area contributed by atoms with Crippen molar-refractivity contribution in [3.8, 4) is 5.75 Å². The fourth-order valence-electron chi connectivity index (χ4n) is 2.67. The lowest BCUT2D eigenvalue weighted by atomic mass is 10.0. The highest BCUT2D eigenvalue weighted by atomic mass is 32.1. The van der Waals surface area contributed by atoms with Gasteiger partial charge in [0.05, 0.1) is 36.0 Å². The summed E-state index contributed by atoms with van der Waals surface area (Å²) < 4.78 is 12.4. The summed E-state index contributed by atoms with van der Waals surface area (Å²) in [7, 11) is 0. The third-order valence-electron chi connectivity index (χ3n) is 3.74. The molecule has 0 spiro atoms. The topological polar surface area (TPSA) is 43.4 Å². The van der Waals surface area contributed by atoms with Crippen molar-refractivity contribution < 1.29 is 9.47 Å². The highest BCUT2D eigenvalue weighted by molar-refractivity contribution is 7.18. The van der Waals surface area contributed by atoms with E-state index in [4.69, 9.17) is 14.5 Å². The van der Waals surface area contributed by atoms with Gasteiger partial charge in [0.2, 0.25) is 0 Å². The molecule has 1 aromatic carbocycles. The molecule has 2 unspecified atom stereocenters. The van der Waals surface area contributed by atoms with Gasteiger partial charge >= 0.3 is 0 Å². The fourth-order valence-corrected chi connectivity index (χ4v) is 3.81. The molecule has 1 aliphatic heterocycles. The summed E-state index contributed by atoms with van der Waals surface area (Å²) in [5, 5.41) is 4.74. The number of hydrogen-bond donors (Lipinski definition) is 1. The highest BCUT2D eigenvalue weighted by Crippen LogP contribution is 2.34. The maximum atomic E-state index is 5.66. The average Bonchev–Trinajstić information content (AvgIpc) is 3.10. The first-order chi connectivity index (χ1) is 10.3. The molecule has 0 radical (unpaired) electrons. The first-order valence-electron chi connectivity index (χ1n) is 7.66. The summed E-state index contributed by atoms with van der Waals surface area (Å²) >= 11 is 1.76. The summed E-state index contributed by atoms with van der Waals surface area (Å²) in [6.07, 6.45) is 1.14. The van der Waals surface area contributed by atoms with Gasteiger partial charge < -0.3 is 14.8 Å². The lowest BCUT2D eigenvalue weighted by Crippen LogP contribution is -2.34. The smallest absolute Gasteiger partial charge is 0.120 e. The molecule has 3 rings (SSSR count). The average molecular weight is 306 g/mol. The minimum absolute atomic E-state index is 0.365. The Bertz CT molecular complexity index is 599. The second-order valence-corrected chi connectivity index (χ2v) is 6.38. The maximum Gasteiger partial charge on any atom is 0.120 e. The molecule has 1 fully saturated rings. The van der Waals surface area contributed by atoms with E-state index in [2.05, 4.69) is 18.3 Å². The Labute approximate surface area is 129 Å². The summed E-state index contributed by atoms with van der Waals surface area (Å²) in [4.78, 5) is 4.80. The zero-order valence-electron chi connectivity index (χ0n) is 12.6. The number of rotatable bonds is 6. The van der Waals surface area contributed by atoms with Crippen LogP contribution in [0.3, 0.4) is 0 Å². The zero-order valence-corrected chi connectivity index (χ0v) is 13.4. The van der Waals surface area contributed by atoms with Crippen molar-refractivity contribution in [2.75, 3.05) is 26.4 Å². The molecule has 5 heteroatoms. The summed E-state index contributed by atoms with van der Waals surface area (Å²) in [5.74, 6) is 1.29. The molecule has 2 atom stereocenters. The second-order valence-electron chi connectivity index (χ2n) is 5.32. The van der Waals surface area contributed by atoms with Crippen LogP contribution in [0.25, 0.3) is 10.2 Å². The standard InChI is InChI=1S/C16H22N2O2S/c1-3-7-17-14-10-19-9-12(14)16-18-13-6-5-11(20-4-2)8-15(13)21-16/h5-6,8,12,14,17H,3-4,7,9-10H2,1-2H3. The third-order valence-corrected chi connectivity index (χ3v) is 4.89. The SMILES string of the molecule is CCCNC1COCC1c1nc2ccc(OCC)cc2s1. The Morgan fingerprint density at radius 2 is 2.29 bits per heavy atom. The number of nitrogens with one attached hydrogen (secondary N) is 1. The van der Waals surface area contributed by atoms with Gasteiger partial charge in [0.15, 0.2) is 0 Å². The van der Waals surface area contributed by atoms with Crippen LogP contribution in [-0.4, -0.2) is 37.4 Å². The summed E-state index contributed by atoms with van der Waals surface area (Å²) in [6, 6.07) is 6.51. The molecule has 1 N–H and O–H groups in total. The normalized spacial score (nSPS) is 22.0. The monoisotopic (exact) mass is 306 g/mol. The van der Waals surface area contributed by atoms with E-state index in [1.54, 1.807) is 11.3 Å². The van der Waals surface area contributed by atoms with Gasteiger partial charge in [0, 0.05) is 6.04 Å². The molecule has 0 bridgehead atoms. The van der Waals surface area contributed by atoms with Crippen molar-refractivity contribution in [2.24, 2.45) is 0 Å². The molecular formula is C16H22N2O2S. The van der Waals surface area contributed by atoms with Crippen LogP contribution < -0.4 is 10.1 Å². The Morgan fingerprint density at radius 3 is 3.10 bits per heavy atom. The molecule has 0 saturated carbocycles. The molecule has 2 aromatic rings.